The van der Waals surface area contributed by atoms with Crippen LogP contribution in [0, 0.1) is 23.6 Å². The van der Waals surface area contributed by atoms with E-state index in [1.54, 1.807) is 12.1 Å². The molecule has 0 radical (unpaired) electrons. The van der Waals surface area contributed by atoms with Crippen molar-refractivity contribution >= 4 is 0 Å². The molecule has 2 aliphatic rings. The van der Waals surface area contributed by atoms with Crippen LogP contribution in [0.1, 0.15) is 24.8 Å². The number of nitrogens with two attached hydrogens (primary N) is 1. The van der Waals surface area contributed by atoms with Crippen molar-refractivity contribution in [1.82, 2.24) is 4.90 Å². The summed E-state index contributed by atoms with van der Waals surface area (Å²) >= 11 is 0. The molecule has 2 aliphatic carbocycles. The van der Waals surface area contributed by atoms with E-state index in [1.807, 2.05) is 6.07 Å². The van der Waals surface area contributed by atoms with E-state index in [9.17, 15) is 4.39 Å². The van der Waals surface area contributed by atoms with E-state index in [0.29, 0.717) is 12.0 Å². The topological polar surface area (TPSA) is 29.3 Å². The second-order valence-electron chi connectivity index (χ2n) is 6.40. The zero-order chi connectivity index (χ0) is 13.4. The minimum atomic E-state index is -0.150. The van der Waals surface area contributed by atoms with Crippen molar-refractivity contribution in [2.45, 2.75) is 31.8 Å². The van der Waals surface area contributed by atoms with E-state index in [2.05, 4.69) is 11.9 Å². The van der Waals surface area contributed by atoms with Gasteiger partial charge in [-0.2, -0.15) is 0 Å². The van der Waals surface area contributed by atoms with Crippen LogP contribution in [0.5, 0.6) is 0 Å². The Kier molecular flexibility index (Phi) is 3.59. The maximum Gasteiger partial charge on any atom is 0.123 e. The predicted octanol–water partition coefficient (Wildman–Crippen LogP) is 2.63. The van der Waals surface area contributed by atoms with E-state index >= 15 is 0 Å². The van der Waals surface area contributed by atoms with Crippen LogP contribution in [0.15, 0.2) is 24.3 Å². The van der Waals surface area contributed by atoms with Crippen LogP contribution in [0.4, 0.5) is 4.39 Å². The Hall–Kier alpha value is -0.930. The van der Waals surface area contributed by atoms with Crippen LogP contribution in [-0.4, -0.2) is 24.5 Å². The summed E-state index contributed by atoms with van der Waals surface area (Å²) in [5.74, 6) is 2.08. The molecule has 0 spiro atoms. The summed E-state index contributed by atoms with van der Waals surface area (Å²) in [5.41, 5.74) is 7.38. The first-order chi connectivity index (χ1) is 9.13. The molecule has 2 saturated carbocycles. The Bertz CT molecular complexity index is 446. The summed E-state index contributed by atoms with van der Waals surface area (Å²) in [6.07, 6.45) is 4.02. The van der Waals surface area contributed by atoms with Gasteiger partial charge in [-0.05, 0) is 61.8 Å². The summed E-state index contributed by atoms with van der Waals surface area (Å²) in [6.45, 7) is 1.84. The lowest BCUT2D eigenvalue weighted by Gasteiger charge is -2.31. The molecule has 2 fully saturated rings. The highest BCUT2D eigenvalue weighted by molar-refractivity contribution is 5.16. The molecule has 2 nitrogen and oxygen atoms in total. The summed E-state index contributed by atoms with van der Waals surface area (Å²) in [6, 6.07) is 7.27. The van der Waals surface area contributed by atoms with E-state index in [0.717, 1.165) is 30.5 Å². The average Bonchev–Trinajstić information content (AvgIpc) is 2.93. The molecule has 0 aliphatic heterocycles. The number of halogens is 1. The Labute approximate surface area is 114 Å². The summed E-state index contributed by atoms with van der Waals surface area (Å²) in [4.78, 5) is 2.29. The predicted molar refractivity (Wildman–Crippen MR) is 75.0 cm³/mol. The largest absolute Gasteiger partial charge is 0.327 e. The van der Waals surface area contributed by atoms with Crippen LogP contribution in [0.2, 0.25) is 0 Å². The molecule has 4 unspecified atom stereocenters. The molecule has 1 aromatic carbocycles. The van der Waals surface area contributed by atoms with E-state index in [1.165, 1.54) is 25.3 Å². The van der Waals surface area contributed by atoms with Gasteiger partial charge in [0, 0.05) is 19.1 Å². The quantitative estimate of drug-likeness (QED) is 0.904. The van der Waals surface area contributed by atoms with Crippen LogP contribution in [-0.2, 0) is 6.54 Å². The first-order valence-electron chi connectivity index (χ1n) is 7.32. The number of rotatable bonds is 4. The van der Waals surface area contributed by atoms with Crippen molar-refractivity contribution in [2.24, 2.45) is 23.5 Å². The highest BCUT2D eigenvalue weighted by atomic mass is 19.1. The molecule has 2 bridgehead atoms. The summed E-state index contributed by atoms with van der Waals surface area (Å²) < 4.78 is 13.2. The van der Waals surface area contributed by atoms with Gasteiger partial charge in [-0.1, -0.05) is 12.1 Å². The highest BCUT2D eigenvalue weighted by Crippen LogP contribution is 2.47. The molecule has 3 heteroatoms. The fraction of sp³-hybridized carbons (Fsp3) is 0.625. The van der Waals surface area contributed by atoms with Crippen LogP contribution >= 0.6 is 0 Å². The maximum atomic E-state index is 13.2. The zero-order valence-electron chi connectivity index (χ0n) is 11.6. The molecule has 19 heavy (non-hydrogen) atoms. The van der Waals surface area contributed by atoms with E-state index in [-0.39, 0.29) is 5.82 Å². The maximum absolute atomic E-state index is 13.2. The molecule has 0 amide bonds. The van der Waals surface area contributed by atoms with Gasteiger partial charge in [0.25, 0.3) is 0 Å². The molecule has 3 rings (SSSR count). The van der Waals surface area contributed by atoms with Gasteiger partial charge >= 0.3 is 0 Å². The Morgan fingerprint density at radius 1 is 1.32 bits per heavy atom. The fourth-order valence-corrected chi connectivity index (χ4v) is 4.10. The molecular weight excluding hydrogens is 239 g/mol. The number of benzene rings is 1. The van der Waals surface area contributed by atoms with Gasteiger partial charge in [0.2, 0.25) is 0 Å². The smallest absolute Gasteiger partial charge is 0.123 e. The van der Waals surface area contributed by atoms with Crippen molar-refractivity contribution < 1.29 is 4.39 Å². The molecule has 104 valence electrons. The van der Waals surface area contributed by atoms with Crippen molar-refractivity contribution in [3.63, 3.8) is 0 Å². The minimum absolute atomic E-state index is 0.150. The van der Waals surface area contributed by atoms with Crippen LogP contribution in [0.3, 0.4) is 0 Å². The third kappa shape index (κ3) is 2.67. The highest BCUT2D eigenvalue weighted by Gasteiger charge is 2.45. The normalized spacial score (nSPS) is 33.3. The van der Waals surface area contributed by atoms with Gasteiger partial charge in [0.15, 0.2) is 0 Å². The zero-order valence-corrected chi connectivity index (χ0v) is 11.6. The fourth-order valence-electron chi connectivity index (χ4n) is 4.10. The van der Waals surface area contributed by atoms with E-state index < -0.39 is 0 Å². The Morgan fingerprint density at radius 2 is 2.11 bits per heavy atom. The van der Waals surface area contributed by atoms with Crippen molar-refractivity contribution in [3.05, 3.63) is 35.6 Å². The third-order valence-corrected chi connectivity index (χ3v) is 5.02. The molecule has 0 heterocycles. The lowest BCUT2D eigenvalue weighted by atomic mass is 9.84. The number of nitrogens with zero attached hydrogens (tertiary/aromatic N) is 1. The summed E-state index contributed by atoms with van der Waals surface area (Å²) in [5, 5.41) is 0. The van der Waals surface area contributed by atoms with Gasteiger partial charge < -0.3 is 10.6 Å². The monoisotopic (exact) mass is 262 g/mol. The van der Waals surface area contributed by atoms with Gasteiger partial charge in [-0.25, -0.2) is 4.39 Å². The average molecular weight is 262 g/mol. The lowest BCUT2D eigenvalue weighted by molar-refractivity contribution is 0.194. The Balaban J connectivity index is 1.58. The van der Waals surface area contributed by atoms with Crippen molar-refractivity contribution in [1.29, 1.82) is 0 Å². The Morgan fingerprint density at radius 3 is 2.79 bits per heavy atom. The first-order valence-corrected chi connectivity index (χ1v) is 7.32. The van der Waals surface area contributed by atoms with Gasteiger partial charge in [-0.3, -0.25) is 0 Å². The first kappa shape index (κ1) is 13.1. The second kappa shape index (κ2) is 5.22. The van der Waals surface area contributed by atoms with Crippen molar-refractivity contribution in [2.75, 3.05) is 13.6 Å². The number of fused-ring (bicyclic) bond motifs is 2. The number of hydrogen-bond acceptors (Lipinski definition) is 2. The SMILES string of the molecule is CN(Cc1cccc(F)c1)CC1C2CCC(C2)C1N. The van der Waals surface area contributed by atoms with Gasteiger partial charge in [0.1, 0.15) is 5.82 Å². The van der Waals surface area contributed by atoms with Crippen molar-refractivity contribution in [3.8, 4) is 0 Å². The van der Waals surface area contributed by atoms with E-state index in [4.69, 9.17) is 5.73 Å². The van der Waals surface area contributed by atoms with Gasteiger partial charge in [0.05, 0.1) is 0 Å². The second-order valence-corrected chi connectivity index (χ2v) is 6.40. The van der Waals surface area contributed by atoms with Crippen LogP contribution in [0.25, 0.3) is 0 Å². The molecule has 0 aromatic heterocycles. The summed E-state index contributed by atoms with van der Waals surface area (Å²) in [7, 11) is 2.11. The number of hydrogen-bond donors (Lipinski definition) is 1. The van der Waals surface area contributed by atoms with Crippen LogP contribution < -0.4 is 5.73 Å². The molecule has 1 aromatic rings. The third-order valence-electron chi connectivity index (χ3n) is 5.02. The molecule has 2 N–H and O–H groups in total. The molecular formula is C16H23FN2. The minimum Gasteiger partial charge on any atom is -0.327 e. The standard InChI is InChI=1S/C16H23FN2/c1-19(9-11-3-2-4-14(17)7-11)10-15-12-5-6-13(8-12)16(15)18/h2-4,7,12-13,15-16H,5-6,8-10,18H2,1H3. The molecule has 4 atom stereocenters. The lowest BCUT2D eigenvalue weighted by Crippen LogP contribution is -2.41. The van der Waals surface area contributed by atoms with Gasteiger partial charge in [-0.15, -0.1) is 0 Å². The molecule has 0 saturated heterocycles.